The fraction of sp³-hybridized carbons (Fsp3) is 0.500. The monoisotopic (exact) mass is 232 g/mol. The highest BCUT2D eigenvalue weighted by atomic mass is 16.1. The number of piperidine rings is 1. The fourth-order valence-corrected chi connectivity index (χ4v) is 2.40. The molecule has 1 amide bonds. The molecule has 2 N–H and O–H groups in total. The van der Waals surface area contributed by atoms with Crippen molar-refractivity contribution in [1.29, 1.82) is 0 Å². The van der Waals surface area contributed by atoms with Crippen LogP contribution in [0.4, 0.5) is 0 Å². The van der Waals surface area contributed by atoms with Gasteiger partial charge in [-0.15, -0.1) is 0 Å². The van der Waals surface area contributed by atoms with Crippen LogP contribution in [-0.4, -0.2) is 23.9 Å². The van der Waals surface area contributed by atoms with Gasteiger partial charge in [-0.3, -0.25) is 9.69 Å². The molecule has 0 saturated carbocycles. The molecule has 1 fully saturated rings. The highest BCUT2D eigenvalue weighted by Gasteiger charge is 2.22. The van der Waals surface area contributed by atoms with E-state index in [2.05, 4.69) is 36.1 Å². The van der Waals surface area contributed by atoms with Crippen molar-refractivity contribution in [3.8, 4) is 0 Å². The van der Waals surface area contributed by atoms with Gasteiger partial charge in [0.2, 0.25) is 5.91 Å². The van der Waals surface area contributed by atoms with Crippen LogP contribution in [-0.2, 0) is 11.3 Å². The summed E-state index contributed by atoms with van der Waals surface area (Å²) in [6.07, 6.45) is 1.81. The number of likely N-dealkylation sites (tertiary alicyclic amines) is 1. The van der Waals surface area contributed by atoms with Gasteiger partial charge in [0.05, 0.1) is 0 Å². The van der Waals surface area contributed by atoms with Crippen molar-refractivity contribution >= 4 is 5.91 Å². The van der Waals surface area contributed by atoms with Gasteiger partial charge in [-0.1, -0.05) is 24.3 Å². The van der Waals surface area contributed by atoms with Crippen molar-refractivity contribution < 1.29 is 4.79 Å². The second-order valence-corrected chi connectivity index (χ2v) is 4.88. The molecule has 0 aromatic heterocycles. The van der Waals surface area contributed by atoms with Crippen molar-refractivity contribution in [2.75, 3.05) is 13.1 Å². The van der Waals surface area contributed by atoms with Crippen molar-refractivity contribution in [1.82, 2.24) is 4.90 Å². The Balaban J connectivity index is 1.90. The van der Waals surface area contributed by atoms with Crippen LogP contribution in [0.5, 0.6) is 0 Å². The molecule has 3 heteroatoms. The molecular weight excluding hydrogens is 212 g/mol. The minimum absolute atomic E-state index is 0.0862. The Morgan fingerprint density at radius 1 is 1.35 bits per heavy atom. The predicted molar refractivity (Wildman–Crippen MR) is 68.4 cm³/mol. The number of amides is 1. The lowest BCUT2D eigenvalue weighted by atomic mass is 9.95. The number of benzene rings is 1. The van der Waals surface area contributed by atoms with E-state index in [1.54, 1.807) is 0 Å². The number of rotatable bonds is 3. The first-order valence-electron chi connectivity index (χ1n) is 6.23. The number of hydrogen-bond donors (Lipinski definition) is 1. The Morgan fingerprint density at radius 3 is 2.59 bits per heavy atom. The normalized spacial score (nSPS) is 18.2. The summed E-state index contributed by atoms with van der Waals surface area (Å²) in [5.41, 5.74) is 8.05. The van der Waals surface area contributed by atoms with Crippen LogP contribution in [0.15, 0.2) is 24.3 Å². The van der Waals surface area contributed by atoms with Crippen molar-refractivity contribution in [3.63, 3.8) is 0 Å². The van der Waals surface area contributed by atoms with Gasteiger partial charge in [-0.2, -0.15) is 0 Å². The molecule has 0 unspecified atom stereocenters. The maximum Gasteiger partial charge on any atom is 0.220 e. The van der Waals surface area contributed by atoms with Gasteiger partial charge in [-0.05, 0) is 44.0 Å². The van der Waals surface area contributed by atoms with E-state index >= 15 is 0 Å². The lowest BCUT2D eigenvalue weighted by Crippen LogP contribution is -2.38. The molecule has 1 aromatic carbocycles. The predicted octanol–water partition coefficient (Wildman–Crippen LogP) is 1.69. The molecule has 1 aliphatic heterocycles. The third-order valence-corrected chi connectivity index (χ3v) is 3.65. The lowest BCUT2D eigenvalue weighted by Gasteiger charge is -2.30. The molecule has 0 bridgehead atoms. The van der Waals surface area contributed by atoms with E-state index in [4.69, 9.17) is 5.73 Å². The van der Waals surface area contributed by atoms with Crippen LogP contribution in [0.25, 0.3) is 0 Å². The zero-order valence-electron chi connectivity index (χ0n) is 10.4. The summed E-state index contributed by atoms with van der Waals surface area (Å²) < 4.78 is 0. The Morgan fingerprint density at radius 2 is 2.00 bits per heavy atom. The number of nitrogens with zero attached hydrogens (tertiary/aromatic N) is 1. The fourth-order valence-electron chi connectivity index (χ4n) is 2.40. The van der Waals surface area contributed by atoms with E-state index in [0.717, 1.165) is 32.5 Å². The molecule has 0 radical (unpaired) electrons. The van der Waals surface area contributed by atoms with Gasteiger partial charge in [0.25, 0.3) is 0 Å². The molecule has 1 heterocycles. The average Bonchev–Trinajstić information content (AvgIpc) is 2.33. The molecule has 17 heavy (non-hydrogen) atoms. The molecule has 1 aromatic rings. The van der Waals surface area contributed by atoms with E-state index in [0.29, 0.717) is 0 Å². The first kappa shape index (κ1) is 12.1. The molecule has 1 aliphatic rings. The van der Waals surface area contributed by atoms with Crippen molar-refractivity contribution in [3.05, 3.63) is 35.4 Å². The van der Waals surface area contributed by atoms with Crippen LogP contribution in [0.3, 0.4) is 0 Å². The van der Waals surface area contributed by atoms with Crippen LogP contribution in [0.2, 0.25) is 0 Å². The Hall–Kier alpha value is -1.35. The summed E-state index contributed by atoms with van der Waals surface area (Å²) in [4.78, 5) is 13.5. The largest absolute Gasteiger partial charge is 0.369 e. The standard InChI is InChI=1S/C14H20N2O/c1-11-4-2-3-5-13(11)10-16-8-6-12(7-9-16)14(15)17/h2-5,12H,6-10H2,1H3,(H2,15,17). The van der Waals surface area contributed by atoms with E-state index < -0.39 is 0 Å². The molecule has 92 valence electrons. The third kappa shape index (κ3) is 3.07. The second-order valence-electron chi connectivity index (χ2n) is 4.88. The van der Waals surface area contributed by atoms with Gasteiger partial charge in [0.15, 0.2) is 0 Å². The van der Waals surface area contributed by atoms with Gasteiger partial charge in [-0.25, -0.2) is 0 Å². The first-order valence-corrected chi connectivity index (χ1v) is 6.23. The number of carbonyl (C=O) groups is 1. The summed E-state index contributed by atoms with van der Waals surface area (Å²) >= 11 is 0. The smallest absolute Gasteiger partial charge is 0.220 e. The zero-order valence-corrected chi connectivity index (χ0v) is 10.4. The minimum Gasteiger partial charge on any atom is -0.369 e. The highest BCUT2D eigenvalue weighted by molar-refractivity contribution is 5.76. The van der Waals surface area contributed by atoms with E-state index in [9.17, 15) is 4.79 Å². The van der Waals surface area contributed by atoms with E-state index in [1.165, 1.54) is 11.1 Å². The van der Waals surface area contributed by atoms with Crippen LogP contribution >= 0.6 is 0 Å². The van der Waals surface area contributed by atoms with E-state index in [1.807, 2.05) is 0 Å². The van der Waals surface area contributed by atoms with Crippen LogP contribution in [0, 0.1) is 12.8 Å². The van der Waals surface area contributed by atoms with Gasteiger partial charge in [0, 0.05) is 12.5 Å². The number of carbonyl (C=O) groups excluding carboxylic acids is 1. The van der Waals surface area contributed by atoms with Gasteiger partial charge < -0.3 is 5.73 Å². The van der Waals surface area contributed by atoms with Gasteiger partial charge in [0.1, 0.15) is 0 Å². The van der Waals surface area contributed by atoms with Crippen LogP contribution < -0.4 is 5.73 Å². The molecule has 2 rings (SSSR count). The molecule has 0 spiro atoms. The summed E-state index contributed by atoms with van der Waals surface area (Å²) in [7, 11) is 0. The Kier molecular flexibility index (Phi) is 3.79. The number of primary amides is 1. The van der Waals surface area contributed by atoms with Crippen molar-refractivity contribution in [2.45, 2.75) is 26.3 Å². The summed E-state index contributed by atoms with van der Waals surface area (Å²) in [6, 6.07) is 8.47. The maximum absolute atomic E-state index is 11.1. The zero-order chi connectivity index (χ0) is 12.3. The number of aryl methyl sites for hydroxylation is 1. The van der Waals surface area contributed by atoms with Crippen LogP contribution in [0.1, 0.15) is 24.0 Å². The summed E-state index contributed by atoms with van der Waals surface area (Å²) in [5, 5.41) is 0. The number of nitrogens with two attached hydrogens (primary N) is 1. The first-order chi connectivity index (χ1) is 8.16. The number of hydrogen-bond acceptors (Lipinski definition) is 2. The Labute approximate surface area is 103 Å². The average molecular weight is 232 g/mol. The highest BCUT2D eigenvalue weighted by Crippen LogP contribution is 2.19. The topological polar surface area (TPSA) is 46.3 Å². The van der Waals surface area contributed by atoms with Crippen molar-refractivity contribution in [2.24, 2.45) is 11.7 Å². The lowest BCUT2D eigenvalue weighted by molar-refractivity contribution is -0.123. The van der Waals surface area contributed by atoms with Gasteiger partial charge >= 0.3 is 0 Å². The molecule has 0 aliphatic carbocycles. The SMILES string of the molecule is Cc1ccccc1CN1CCC(C(N)=O)CC1. The summed E-state index contributed by atoms with van der Waals surface area (Å²) in [6.45, 7) is 5.08. The second kappa shape index (κ2) is 5.32. The molecule has 0 atom stereocenters. The molecule has 1 saturated heterocycles. The minimum atomic E-state index is -0.138. The van der Waals surface area contributed by atoms with E-state index in [-0.39, 0.29) is 11.8 Å². The maximum atomic E-state index is 11.1. The summed E-state index contributed by atoms with van der Waals surface area (Å²) in [5.74, 6) is -0.0522. The molecule has 3 nitrogen and oxygen atoms in total. The Bertz CT molecular complexity index is 395. The quantitative estimate of drug-likeness (QED) is 0.862. The molecular formula is C14H20N2O. The third-order valence-electron chi connectivity index (χ3n) is 3.65.